The van der Waals surface area contributed by atoms with Crippen LogP contribution in [0.15, 0.2) is 41.0 Å². The summed E-state index contributed by atoms with van der Waals surface area (Å²) < 4.78 is 6.02. The molecule has 1 aromatic carbocycles. The number of hydrogen-bond donors (Lipinski definition) is 0. The number of ether oxygens (including phenoxy) is 1. The molecule has 0 saturated heterocycles. The third-order valence-corrected chi connectivity index (χ3v) is 2.48. The molecule has 0 atom stereocenters. The summed E-state index contributed by atoms with van der Waals surface area (Å²) in [4.78, 5) is 8.20. The number of halogens is 1. The topological polar surface area (TPSA) is 35.0 Å². The van der Waals surface area contributed by atoms with Crippen LogP contribution in [0.25, 0.3) is 11.3 Å². The van der Waals surface area contributed by atoms with Crippen LogP contribution in [-0.4, -0.2) is 17.1 Å². The molecule has 0 radical (unpaired) electrons. The standard InChI is InChI=1S/C11H9BrN2O/c1-15-11-13-7-6-10(14-11)8-2-4-9(12)5-3-8/h2-7H,1H3. The Labute approximate surface area is 96.3 Å². The van der Waals surface area contributed by atoms with Crippen molar-refractivity contribution in [1.82, 2.24) is 9.97 Å². The molecular formula is C11H9BrN2O. The van der Waals surface area contributed by atoms with Crippen molar-refractivity contribution in [2.75, 3.05) is 7.11 Å². The minimum Gasteiger partial charge on any atom is -0.467 e. The molecule has 0 bridgehead atoms. The summed E-state index contributed by atoms with van der Waals surface area (Å²) in [6.07, 6.45) is 1.68. The molecule has 0 amide bonds. The minimum atomic E-state index is 0.385. The number of methoxy groups -OCH3 is 1. The first-order chi connectivity index (χ1) is 7.29. The molecule has 3 nitrogen and oxygen atoms in total. The van der Waals surface area contributed by atoms with Crippen molar-refractivity contribution in [2.24, 2.45) is 0 Å². The Bertz CT molecular complexity index is 456. The molecular weight excluding hydrogens is 256 g/mol. The van der Waals surface area contributed by atoms with Crippen molar-refractivity contribution in [2.45, 2.75) is 0 Å². The molecule has 0 unspecified atom stereocenters. The highest BCUT2D eigenvalue weighted by Gasteiger charge is 2.01. The van der Waals surface area contributed by atoms with Crippen LogP contribution in [0.2, 0.25) is 0 Å². The lowest BCUT2D eigenvalue weighted by atomic mass is 10.1. The van der Waals surface area contributed by atoms with Gasteiger partial charge in [-0.1, -0.05) is 28.1 Å². The van der Waals surface area contributed by atoms with Gasteiger partial charge in [0.15, 0.2) is 0 Å². The predicted molar refractivity (Wildman–Crippen MR) is 61.7 cm³/mol. The SMILES string of the molecule is COc1nccc(-c2ccc(Br)cc2)n1. The number of nitrogens with zero attached hydrogens (tertiary/aromatic N) is 2. The van der Waals surface area contributed by atoms with Crippen LogP contribution in [-0.2, 0) is 0 Å². The van der Waals surface area contributed by atoms with E-state index in [1.165, 1.54) is 0 Å². The highest BCUT2D eigenvalue weighted by molar-refractivity contribution is 9.10. The predicted octanol–water partition coefficient (Wildman–Crippen LogP) is 2.91. The first-order valence-electron chi connectivity index (χ1n) is 4.42. The summed E-state index contributed by atoms with van der Waals surface area (Å²) in [6.45, 7) is 0. The van der Waals surface area contributed by atoms with Crippen LogP contribution < -0.4 is 4.74 Å². The molecule has 2 rings (SSSR count). The van der Waals surface area contributed by atoms with Crippen LogP contribution in [0, 0.1) is 0 Å². The molecule has 1 aromatic heterocycles. The van der Waals surface area contributed by atoms with E-state index in [1.807, 2.05) is 30.3 Å². The second-order valence-electron chi connectivity index (χ2n) is 2.94. The molecule has 1 heterocycles. The van der Waals surface area contributed by atoms with Crippen molar-refractivity contribution in [3.8, 4) is 17.3 Å². The fourth-order valence-electron chi connectivity index (χ4n) is 1.22. The van der Waals surface area contributed by atoms with Crippen LogP contribution in [0.5, 0.6) is 6.01 Å². The Morgan fingerprint density at radius 3 is 2.53 bits per heavy atom. The molecule has 0 aliphatic heterocycles. The smallest absolute Gasteiger partial charge is 0.316 e. The Hall–Kier alpha value is -1.42. The van der Waals surface area contributed by atoms with E-state index in [4.69, 9.17) is 4.74 Å². The van der Waals surface area contributed by atoms with E-state index >= 15 is 0 Å². The van der Waals surface area contributed by atoms with E-state index in [1.54, 1.807) is 13.3 Å². The first-order valence-corrected chi connectivity index (χ1v) is 5.22. The summed E-state index contributed by atoms with van der Waals surface area (Å²) in [5.41, 5.74) is 1.90. The van der Waals surface area contributed by atoms with Gasteiger partial charge < -0.3 is 4.74 Å². The van der Waals surface area contributed by atoms with Crippen molar-refractivity contribution in [3.05, 3.63) is 41.0 Å². The zero-order valence-corrected chi connectivity index (χ0v) is 9.73. The fourth-order valence-corrected chi connectivity index (χ4v) is 1.48. The van der Waals surface area contributed by atoms with E-state index in [0.29, 0.717) is 6.01 Å². The molecule has 2 aromatic rings. The maximum Gasteiger partial charge on any atom is 0.316 e. The largest absolute Gasteiger partial charge is 0.467 e. The highest BCUT2D eigenvalue weighted by Crippen LogP contribution is 2.20. The lowest BCUT2D eigenvalue weighted by molar-refractivity contribution is 0.380. The molecule has 0 spiro atoms. The van der Waals surface area contributed by atoms with Gasteiger partial charge in [0.1, 0.15) is 0 Å². The quantitative estimate of drug-likeness (QED) is 0.837. The van der Waals surface area contributed by atoms with E-state index in [0.717, 1.165) is 15.7 Å². The number of benzene rings is 1. The van der Waals surface area contributed by atoms with E-state index in [9.17, 15) is 0 Å². The van der Waals surface area contributed by atoms with Gasteiger partial charge in [0.05, 0.1) is 12.8 Å². The molecule has 0 aliphatic rings. The van der Waals surface area contributed by atoms with Crippen molar-refractivity contribution >= 4 is 15.9 Å². The molecule has 0 fully saturated rings. The number of hydrogen-bond acceptors (Lipinski definition) is 3. The minimum absolute atomic E-state index is 0.385. The van der Waals surface area contributed by atoms with E-state index in [-0.39, 0.29) is 0 Å². The lowest BCUT2D eigenvalue weighted by Gasteiger charge is -2.02. The molecule has 4 heteroatoms. The summed E-state index contributed by atoms with van der Waals surface area (Å²) in [5.74, 6) is 0. The van der Waals surface area contributed by atoms with Gasteiger partial charge in [0.2, 0.25) is 0 Å². The Balaban J connectivity index is 2.40. The Morgan fingerprint density at radius 1 is 1.13 bits per heavy atom. The van der Waals surface area contributed by atoms with Crippen LogP contribution in [0.3, 0.4) is 0 Å². The summed E-state index contributed by atoms with van der Waals surface area (Å²) in [7, 11) is 1.56. The third-order valence-electron chi connectivity index (χ3n) is 1.96. The Morgan fingerprint density at radius 2 is 1.87 bits per heavy atom. The summed E-state index contributed by atoms with van der Waals surface area (Å²) in [5, 5.41) is 0. The van der Waals surface area contributed by atoms with Gasteiger partial charge in [-0.25, -0.2) is 4.98 Å². The lowest BCUT2D eigenvalue weighted by Crippen LogP contribution is -1.92. The maximum absolute atomic E-state index is 4.97. The second-order valence-corrected chi connectivity index (χ2v) is 3.85. The van der Waals surface area contributed by atoms with Gasteiger partial charge in [-0.2, -0.15) is 4.98 Å². The molecule has 76 valence electrons. The molecule has 15 heavy (non-hydrogen) atoms. The summed E-state index contributed by atoms with van der Waals surface area (Å²) >= 11 is 3.39. The molecule has 0 aliphatic carbocycles. The normalized spacial score (nSPS) is 10.0. The highest BCUT2D eigenvalue weighted by atomic mass is 79.9. The van der Waals surface area contributed by atoms with Crippen LogP contribution >= 0.6 is 15.9 Å². The molecule has 0 N–H and O–H groups in total. The van der Waals surface area contributed by atoms with E-state index < -0.39 is 0 Å². The van der Waals surface area contributed by atoms with Gasteiger partial charge in [0.25, 0.3) is 0 Å². The second kappa shape index (κ2) is 4.40. The molecule has 0 saturated carbocycles. The first kappa shape index (κ1) is 10.1. The third kappa shape index (κ3) is 2.33. The van der Waals surface area contributed by atoms with Crippen molar-refractivity contribution in [3.63, 3.8) is 0 Å². The fraction of sp³-hybridized carbons (Fsp3) is 0.0909. The van der Waals surface area contributed by atoms with Gasteiger partial charge in [-0.05, 0) is 18.2 Å². The van der Waals surface area contributed by atoms with Crippen LogP contribution in [0.1, 0.15) is 0 Å². The van der Waals surface area contributed by atoms with Gasteiger partial charge in [0, 0.05) is 16.2 Å². The average molecular weight is 265 g/mol. The van der Waals surface area contributed by atoms with Gasteiger partial charge >= 0.3 is 6.01 Å². The van der Waals surface area contributed by atoms with Crippen LogP contribution in [0.4, 0.5) is 0 Å². The monoisotopic (exact) mass is 264 g/mol. The van der Waals surface area contributed by atoms with Gasteiger partial charge in [-0.3, -0.25) is 0 Å². The summed E-state index contributed by atoms with van der Waals surface area (Å²) in [6, 6.07) is 10.2. The van der Waals surface area contributed by atoms with Crippen molar-refractivity contribution < 1.29 is 4.74 Å². The Kier molecular flexibility index (Phi) is 2.97. The van der Waals surface area contributed by atoms with E-state index in [2.05, 4.69) is 25.9 Å². The number of rotatable bonds is 2. The maximum atomic E-state index is 4.97. The average Bonchev–Trinajstić information content (AvgIpc) is 2.30. The zero-order valence-electron chi connectivity index (χ0n) is 8.14. The zero-order chi connectivity index (χ0) is 10.7. The van der Waals surface area contributed by atoms with Gasteiger partial charge in [-0.15, -0.1) is 0 Å². The van der Waals surface area contributed by atoms with Crippen molar-refractivity contribution in [1.29, 1.82) is 0 Å². The number of aromatic nitrogens is 2.